The van der Waals surface area contributed by atoms with Gasteiger partial charge in [-0.25, -0.2) is 0 Å². The monoisotopic (exact) mass is 331 g/mol. The lowest BCUT2D eigenvalue weighted by Crippen LogP contribution is -2.36. The van der Waals surface area contributed by atoms with Crippen molar-refractivity contribution in [1.82, 2.24) is 0 Å². The van der Waals surface area contributed by atoms with Gasteiger partial charge in [0.2, 0.25) is 11.0 Å². The van der Waals surface area contributed by atoms with E-state index in [1.807, 2.05) is 54.8 Å². The standard InChI is InChI=1S/C18H19NO3S/c1-13-10-16-12-15-6-3-4-7-17(15)19(18(16)11-14(13)2)8-5-9-23(20,21)22/h3-4,6-7,10-12H,5,8-9H2,1-2H3/p+1/i10D. The molecular weight excluding hydrogens is 310 g/mol. The summed E-state index contributed by atoms with van der Waals surface area (Å²) in [5, 5.41) is 1.86. The summed E-state index contributed by atoms with van der Waals surface area (Å²) >= 11 is 0. The number of nitrogens with zero attached hydrogens (tertiary/aromatic N) is 1. The largest absolute Gasteiger partial charge is 0.286 e. The Morgan fingerprint density at radius 1 is 1.09 bits per heavy atom. The summed E-state index contributed by atoms with van der Waals surface area (Å²) in [6, 6.07) is 12.4. The minimum Gasteiger partial charge on any atom is -0.286 e. The number of benzene rings is 2. The smallest absolute Gasteiger partial charge is 0.265 e. The molecule has 0 bridgehead atoms. The highest BCUT2D eigenvalue weighted by Gasteiger charge is 2.17. The highest BCUT2D eigenvalue weighted by Crippen LogP contribution is 2.21. The summed E-state index contributed by atoms with van der Waals surface area (Å²) in [6.45, 7) is 4.37. The van der Waals surface area contributed by atoms with E-state index in [-0.39, 0.29) is 5.75 Å². The maximum Gasteiger partial charge on any atom is 0.265 e. The molecule has 4 nitrogen and oxygen atoms in total. The third-order valence-electron chi connectivity index (χ3n) is 4.15. The van der Waals surface area contributed by atoms with Crippen molar-refractivity contribution in [2.24, 2.45) is 0 Å². The molecule has 2 aromatic carbocycles. The summed E-state index contributed by atoms with van der Waals surface area (Å²) in [5.74, 6) is -0.275. The Morgan fingerprint density at radius 3 is 2.57 bits per heavy atom. The molecule has 1 aromatic heterocycles. The molecule has 3 aromatic rings. The molecule has 0 aliphatic rings. The minimum absolute atomic E-state index is 0.275. The van der Waals surface area contributed by atoms with Crippen LogP contribution in [-0.2, 0) is 16.7 Å². The van der Waals surface area contributed by atoms with E-state index < -0.39 is 10.1 Å². The topological polar surface area (TPSA) is 58.2 Å². The number of aryl methyl sites for hydroxylation is 2. The maximum absolute atomic E-state index is 11.0. The Hall–Kier alpha value is -1.98. The third-order valence-corrected chi connectivity index (χ3v) is 4.95. The van der Waals surface area contributed by atoms with Gasteiger partial charge in [-0.3, -0.25) is 4.55 Å². The average molecular weight is 331 g/mol. The van der Waals surface area contributed by atoms with Gasteiger partial charge in [-0.1, -0.05) is 12.1 Å². The van der Waals surface area contributed by atoms with E-state index in [0.717, 1.165) is 32.9 Å². The third kappa shape index (κ3) is 3.35. The molecule has 23 heavy (non-hydrogen) atoms. The molecule has 3 rings (SSSR count). The normalized spacial score (nSPS) is 12.7. The summed E-state index contributed by atoms with van der Waals surface area (Å²) in [6.07, 6.45) is 0.312. The lowest BCUT2D eigenvalue weighted by molar-refractivity contribution is -0.645. The summed E-state index contributed by atoms with van der Waals surface area (Å²) in [4.78, 5) is 0. The molecule has 0 saturated carbocycles. The van der Waals surface area contributed by atoms with Crippen LogP contribution in [0.2, 0.25) is 0 Å². The fraction of sp³-hybridized carbons (Fsp3) is 0.278. The summed E-state index contributed by atoms with van der Waals surface area (Å²) in [7, 11) is -3.97. The number of hydrogen-bond donors (Lipinski definition) is 1. The van der Waals surface area contributed by atoms with E-state index in [1.54, 1.807) is 0 Å². The summed E-state index contributed by atoms with van der Waals surface area (Å²) < 4.78 is 41.5. The van der Waals surface area contributed by atoms with Crippen LogP contribution in [0.15, 0.2) is 42.4 Å². The Balaban J connectivity index is 2.25. The molecule has 0 unspecified atom stereocenters. The van der Waals surface area contributed by atoms with Crippen molar-refractivity contribution in [2.45, 2.75) is 26.8 Å². The zero-order valence-electron chi connectivity index (χ0n) is 14.2. The molecule has 120 valence electrons. The van der Waals surface area contributed by atoms with Gasteiger partial charge in [0.15, 0.2) is 6.54 Å². The molecule has 0 saturated heterocycles. The van der Waals surface area contributed by atoms with Crippen molar-refractivity contribution in [3.8, 4) is 0 Å². The second-order valence-corrected chi connectivity index (χ2v) is 7.44. The van der Waals surface area contributed by atoms with E-state index in [4.69, 9.17) is 5.92 Å². The molecule has 0 aliphatic heterocycles. The first-order chi connectivity index (χ1) is 11.3. The number of aromatic nitrogens is 1. The van der Waals surface area contributed by atoms with Crippen LogP contribution < -0.4 is 4.57 Å². The van der Waals surface area contributed by atoms with Crippen LogP contribution in [0, 0.1) is 13.8 Å². The van der Waals surface area contributed by atoms with Gasteiger partial charge in [-0.15, -0.1) is 0 Å². The predicted octanol–water partition coefficient (Wildman–Crippen LogP) is 3.18. The molecule has 1 heterocycles. The van der Waals surface area contributed by atoms with Crippen LogP contribution in [0.1, 0.15) is 18.9 Å². The van der Waals surface area contributed by atoms with Crippen LogP contribution in [0.4, 0.5) is 0 Å². The van der Waals surface area contributed by atoms with Crippen LogP contribution in [0.3, 0.4) is 0 Å². The number of hydrogen-bond acceptors (Lipinski definition) is 2. The van der Waals surface area contributed by atoms with Crippen LogP contribution >= 0.6 is 0 Å². The fourth-order valence-electron chi connectivity index (χ4n) is 2.88. The highest BCUT2D eigenvalue weighted by atomic mass is 32.2. The van der Waals surface area contributed by atoms with Gasteiger partial charge in [0.25, 0.3) is 10.1 Å². The SMILES string of the molecule is [2H]c1c(C)c(C)cc2c1cc1ccccc1[n+]2CCCS(=O)(=O)O. The van der Waals surface area contributed by atoms with E-state index >= 15 is 0 Å². The molecule has 0 amide bonds. The van der Waals surface area contributed by atoms with Crippen molar-refractivity contribution in [3.63, 3.8) is 0 Å². The average Bonchev–Trinajstić information content (AvgIpc) is 2.52. The number of fused-ring (bicyclic) bond motifs is 2. The van der Waals surface area contributed by atoms with Gasteiger partial charge in [0.05, 0.1) is 7.12 Å². The van der Waals surface area contributed by atoms with Crippen LogP contribution in [0.5, 0.6) is 0 Å². The summed E-state index contributed by atoms with van der Waals surface area (Å²) in [5.41, 5.74) is 3.88. The fourth-order valence-corrected chi connectivity index (χ4v) is 3.37. The van der Waals surface area contributed by atoms with Gasteiger partial charge in [-0.2, -0.15) is 13.0 Å². The first-order valence-corrected chi connectivity index (χ1v) is 9.16. The van der Waals surface area contributed by atoms with Crippen molar-refractivity contribution in [1.29, 1.82) is 0 Å². The van der Waals surface area contributed by atoms with Crippen LogP contribution in [0.25, 0.3) is 21.8 Å². The lowest BCUT2D eigenvalue weighted by atomic mass is 10.0. The Labute approximate surface area is 137 Å². The van der Waals surface area contributed by atoms with Crippen molar-refractivity contribution < 1.29 is 18.9 Å². The Kier molecular flexibility index (Phi) is 3.75. The molecule has 0 fully saturated rings. The number of pyridine rings is 1. The molecular formula is C18H20NO3S+. The zero-order chi connectivity index (χ0) is 17.5. The van der Waals surface area contributed by atoms with Gasteiger partial charge < -0.3 is 0 Å². The first-order valence-electron chi connectivity index (χ1n) is 8.05. The highest BCUT2D eigenvalue weighted by molar-refractivity contribution is 7.85. The van der Waals surface area contributed by atoms with Gasteiger partial charge in [0.1, 0.15) is 0 Å². The molecule has 1 N–H and O–H groups in total. The lowest BCUT2D eigenvalue weighted by Gasteiger charge is -2.08. The number of rotatable bonds is 4. The molecule has 0 spiro atoms. The molecule has 0 radical (unpaired) electrons. The minimum atomic E-state index is -3.97. The predicted molar refractivity (Wildman–Crippen MR) is 92.2 cm³/mol. The number of para-hydroxylation sites is 1. The van der Waals surface area contributed by atoms with E-state index in [2.05, 4.69) is 0 Å². The van der Waals surface area contributed by atoms with Gasteiger partial charge in [-0.05, 0) is 43.1 Å². The van der Waals surface area contributed by atoms with Crippen molar-refractivity contribution in [3.05, 3.63) is 53.6 Å². The Morgan fingerprint density at radius 2 is 1.83 bits per heavy atom. The van der Waals surface area contributed by atoms with Crippen LogP contribution in [-0.4, -0.2) is 18.7 Å². The molecule has 5 heteroatoms. The Bertz CT molecular complexity index is 1050. The van der Waals surface area contributed by atoms with Gasteiger partial charge >= 0.3 is 0 Å². The molecule has 0 aliphatic carbocycles. The quantitative estimate of drug-likeness (QED) is 0.454. The van der Waals surface area contributed by atoms with Gasteiger partial charge in [0, 0.05) is 29.3 Å². The van der Waals surface area contributed by atoms with E-state index in [9.17, 15) is 8.42 Å². The molecule has 0 atom stereocenters. The first kappa shape index (κ1) is 14.6. The van der Waals surface area contributed by atoms with Crippen molar-refractivity contribution >= 4 is 31.9 Å². The van der Waals surface area contributed by atoms with E-state index in [0.29, 0.717) is 19.0 Å². The van der Waals surface area contributed by atoms with Crippen molar-refractivity contribution in [2.75, 3.05) is 5.75 Å². The second kappa shape index (κ2) is 5.91. The maximum atomic E-state index is 11.0. The zero-order valence-corrected chi connectivity index (χ0v) is 14.0. The van der Waals surface area contributed by atoms with E-state index in [1.165, 1.54) is 0 Å². The second-order valence-electron chi connectivity index (χ2n) is 5.87.